The number of thiazole rings is 1. The van der Waals surface area contributed by atoms with Gasteiger partial charge in [-0.25, -0.2) is 9.78 Å². The molecule has 0 unspecified atom stereocenters. The molecule has 0 radical (unpaired) electrons. The van der Waals surface area contributed by atoms with E-state index >= 15 is 0 Å². The van der Waals surface area contributed by atoms with Gasteiger partial charge in [-0.05, 0) is 32.1 Å². The van der Waals surface area contributed by atoms with E-state index in [-0.39, 0.29) is 18.1 Å². The Labute approximate surface area is 143 Å². The summed E-state index contributed by atoms with van der Waals surface area (Å²) >= 11 is 1.53. The maximum Gasteiger partial charge on any atom is 0.324 e. The summed E-state index contributed by atoms with van der Waals surface area (Å²) in [4.78, 5) is 21.3. The number of nitrogens with one attached hydrogen (secondary N) is 1. The molecule has 5 rings (SSSR count). The van der Waals surface area contributed by atoms with E-state index in [1.54, 1.807) is 0 Å². The van der Waals surface area contributed by atoms with Gasteiger partial charge in [-0.2, -0.15) is 0 Å². The quantitative estimate of drug-likeness (QED) is 0.851. The number of rotatable bonds is 1. The molecule has 2 fully saturated rings. The van der Waals surface area contributed by atoms with Crippen molar-refractivity contribution >= 4 is 32.7 Å². The van der Waals surface area contributed by atoms with Crippen LogP contribution >= 0.6 is 11.3 Å². The van der Waals surface area contributed by atoms with Gasteiger partial charge in [0, 0.05) is 6.54 Å². The van der Waals surface area contributed by atoms with Crippen molar-refractivity contribution in [1.29, 1.82) is 0 Å². The summed E-state index contributed by atoms with van der Waals surface area (Å²) in [6.45, 7) is 2.95. The van der Waals surface area contributed by atoms with Gasteiger partial charge in [0.15, 0.2) is 16.6 Å². The van der Waals surface area contributed by atoms with E-state index < -0.39 is 0 Å². The van der Waals surface area contributed by atoms with Gasteiger partial charge in [-0.1, -0.05) is 11.3 Å². The van der Waals surface area contributed by atoms with Crippen molar-refractivity contribution in [1.82, 2.24) is 15.2 Å². The normalized spacial score (nSPS) is 26.5. The Morgan fingerprint density at radius 1 is 1.33 bits per heavy atom. The fraction of sp³-hybridized carbons (Fsp3) is 0.500. The molecule has 2 saturated heterocycles. The van der Waals surface area contributed by atoms with Crippen molar-refractivity contribution in [2.24, 2.45) is 0 Å². The summed E-state index contributed by atoms with van der Waals surface area (Å²) in [5, 5.41) is 3.83. The maximum absolute atomic E-state index is 12.5. The Bertz CT molecular complexity index is 823. The molecule has 0 bridgehead atoms. The van der Waals surface area contributed by atoms with Crippen LogP contribution in [0.5, 0.6) is 11.5 Å². The molecule has 7 nitrogen and oxygen atoms in total. The molecule has 3 aliphatic heterocycles. The van der Waals surface area contributed by atoms with Crippen LogP contribution in [-0.4, -0.2) is 61.3 Å². The van der Waals surface area contributed by atoms with Gasteiger partial charge in [0.05, 0.1) is 16.8 Å². The predicted molar refractivity (Wildman–Crippen MR) is 91.3 cm³/mol. The number of amides is 2. The number of piperidine rings is 1. The Morgan fingerprint density at radius 3 is 3.12 bits per heavy atom. The Kier molecular flexibility index (Phi) is 3.11. The molecule has 1 N–H and O–H groups in total. The third kappa shape index (κ3) is 2.06. The highest BCUT2D eigenvalue weighted by molar-refractivity contribution is 7.22. The zero-order valence-electron chi connectivity index (χ0n) is 13.3. The number of urea groups is 1. The lowest BCUT2D eigenvalue weighted by Crippen LogP contribution is -2.50. The first-order valence-corrected chi connectivity index (χ1v) is 9.00. The number of likely N-dealkylation sites (tertiary alicyclic amines) is 1. The fourth-order valence-electron chi connectivity index (χ4n) is 3.72. The van der Waals surface area contributed by atoms with E-state index in [1.165, 1.54) is 11.3 Å². The van der Waals surface area contributed by atoms with Crippen molar-refractivity contribution in [2.45, 2.75) is 18.5 Å². The third-order valence-electron chi connectivity index (χ3n) is 4.90. The van der Waals surface area contributed by atoms with Gasteiger partial charge < -0.3 is 19.7 Å². The molecule has 0 aliphatic carbocycles. The lowest BCUT2D eigenvalue weighted by atomic mass is 10.0. The van der Waals surface area contributed by atoms with Crippen LogP contribution in [-0.2, 0) is 0 Å². The highest BCUT2D eigenvalue weighted by Gasteiger charge is 2.44. The lowest BCUT2D eigenvalue weighted by molar-refractivity contribution is 0.173. The monoisotopic (exact) mass is 346 g/mol. The molecule has 4 heterocycles. The van der Waals surface area contributed by atoms with Crippen LogP contribution in [0.25, 0.3) is 10.2 Å². The minimum Gasteiger partial charge on any atom is -0.486 e. The number of nitrogens with zero attached hydrogens (tertiary/aromatic N) is 3. The van der Waals surface area contributed by atoms with E-state index in [4.69, 9.17) is 14.5 Å². The van der Waals surface area contributed by atoms with Crippen LogP contribution in [0.1, 0.15) is 6.42 Å². The van der Waals surface area contributed by atoms with Gasteiger partial charge in [0.1, 0.15) is 18.7 Å². The molecule has 1 aromatic heterocycles. The Hall–Kier alpha value is -2.06. The fourth-order valence-corrected chi connectivity index (χ4v) is 4.74. The molecule has 2 atom stereocenters. The summed E-state index contributed by atoms with van der Waals surface area (Å²) in [5.74, 6) is 1.42. The molecule has 2 aromatic rings. The standard InChI is InChI=1S/C16H18N4O3S/c1-19-5-4-9-10(8-19)20(15(21)17-9)16-18-13-12(24-16)3-2-11-14(13)23-7-6-22-11/h2-3,9-10H,4-8H2,1H3,(H,17,21)/t9-,10+/m0/s1. The molecule has 2 amide bonds. The van der Waals surface area contributed by atoms with E-state index in [0.717, 1.165) is 40.6 Å². The van der Waals surface area contributed by atoms with Crippen molar-refractivity contribution in [2.75, 3.05) is 38.3 Å². The number of fused-ring (bicyclic) bond motifs is 4. The van der Waals surface area contributed by atoms with Crippen LogP contribution in [0.2, 0.25) is 0 Å². The van der Waals surface area contributed by atoms with Gasteiger partial charge >= 0.3 is 6.03 Å². The summed E-state index contributed by atoms with van der Waals surface area (Å²) in [6.07, 6.45) is 0.973. The van der Waals surface area contributed by atoms with E-state index in [9.17, 15) is 4.79 Å². The number of aromatic nitrogens is 1. The molecule has 24 heavy (non-hydrogen) atoms. The number of likely N-dealkylation sites (N-methyl/N-ethyl adjacent to an activating group) is 1. The molecule has 126 valence electrons. The van der Waals surface area contributed by atoms with E-state index in [2.05, 4.69) is 17.3 Å². The first-order valence-electron chi connectivity index (χ1n) is 8.18. The first-order chi connectivity index (χ1) is 11.7. The van der Waals surface area contributed by atoms with Crippen LogP contribution in [0.15, 0.2) is 12.1 Å². The lowest BCUT2D eigenvalue weighted by Gasteiger charge is -2.34. The number of carbonyl (C=O) groups excluding carboxylic acids is 1. The summed E-state index contributed by atoms with van der Waals surface area (Å²) in [6, 6.07) is 4.19. The van der Waals surface area contributed by atoms with Crippen molar-refractivity contribution < 1.29 is 14.3 Å². The molecule has 3 aliphatic rings. The van der Waals surface area contributed by atoms with Crippen LogP contribution in [0.4, 0.5) is 9.93 Å². The van der Waals surface area contributed by atoms with Crippen LogP contribution < -0.4 is 19.7 Å². The van der Waals surface area contributed by atoms with Crippen LogP contribution in [0.3, 0.4) is 0 Å². The average molecular weight is 346 g/mol. The first kappa shape index (κ1) is 14.3. The molecular weight excluding hydrogens is 328 g/mol. The van der Waals surface area contributed by atoms with Crippen molar-refractivity contribution in [3.8, 4) is 11.5 Å². The summed E-state index contributed by atoms with van der Waals surface area (Å²) < 4.78 is 12.4. The second-order valence-electron chi connectivity index (χ2n) is 6.48. The summed E-state index contributed by atoms with van der Waals surface area (Å²) in [5.41, 5.74) is 0.785. The highest BCUT2D eigenvalue weighted by atomic mass is 32.1. The number of hydrogen-bond donors (Lipinski definition) is 1. The van der Waals surface area contributed by atoms with E-state index in [0.29, 0.717) is 19.0 Å². The second kappa shape index (κ2) is 5.22. The van der Waals surface area contributed by atoms with Crippen molar-refractivity contribution in [3.63, 3.8) is 0 Å². The summed E-state index contributed by atoms with van der Waals surface area (Å²) in [7, 11) is 2.09. The molecular formula is C16H18N4O3S. The minimum atomic E-state index is -0.0506. The predicted octanol–water partition coefficient (Wildman–Crippen LogP) is 1.67. The highest BCUT2D eigenvalue weighted by Crippen LogP contribution is 2.42. The number of anilines is 1. The number of carbonyl (C=O) groups is 1. The van der Waals surface area contributed by atoms with E-state index in [1.807, 2.05) is 17.0 Å². The van der Waals surface area contributed by atoms with Gasteiger partial charge in [0.2, 0.25) is 0 Å². The van der Waals surface area contributed by atoms with Crippen molar-refractivity contribution in [3.05, 3.63) is 12.1 Å². The average Bonchev–Trinajstić information content (AvgIpc) is 3.14. The van der Waals surface area contributed by atoms with Gasteiger partial charge in [-0.3, -0.25) is 4.90 Å². The largest absolute Gasteiger partial charge is 0.486 e. The smallest absolute Gasteiger partial charge is 0.324 e. The zero-order valence-corrected chi connectivity index (χ0v) is 14.1. The molecule has 8 heteroatoms. The number of benzene rings is 1. The van der Waals surface area contributed by atoms with Crippen LogP contribution in [0, 0.1) is 0 Å². The topological polar surface area (TPSA) is 66.9 Å². The third-order valence-corrected chi connectivity index (χ3v) is 5.92. The minimum absolute atomic E-state index is 0.0506. The van der Waals surface area contributed by atoms with Gasteiger partial charge in [0.25, 0.3) is 0 Å². The maximum atomic E-state index is 12.5. The Morgan fingerprint density at radius 2 is 2.21 bits per heavy atom. The van der Waals surface area contributed by atoms with Gasteiger partial charge in [-0.15, -0.1) is 0 Å². The number of ether oxygens (including phenoxy) is 2. The second-order valence-corrected chi connectivity index (χ2v) is 7.49. The SMILES string of the molecule is CN1CC[C@@H]2NC(=O)N(c3nc4c5c(ccc4s3)OCCO5)[C@@H]2C1. The number of hydrogen-bond acceptors (Lipinski definition) is 6. The molecule has 0 spiro atoms. The molecule has 1 aromatic carbocycles. The molecule has 0 saturated carbocycles. The Balaban J connectivity index is 1.57. The zero-order chi connectivity index (χ0) is 16.3.